The number of anilines is 2. The molecule has 0 saturated carbocycles. The number of halogens is 1. The average Bonchev–Trinajstić information content (AvgIpc) is 2.46. The highest BCUT2D eigenvalue weighted by Crippen LogP contribution is 2.38. The van der Waals surface area contributed by atoms with Crippen molar-refractivity contribution in [2.24, 2.45) is 0 Å². The van der Waals surface area contributed by atoms with E-state index in [2.05, 4.69) is 15.6 Å². The number of pyridine rings is 1. The summed E-state index contributed by atoms with van der Waals surface area (Å²) in [5.74, 6) is -1.47. The molecule has 0 fully saturated rings. The Bertz CT molecular complexity index is 802. The molecule has 0 atom stereocenters. The van der Waals surface area contributed by atoms with Crippen LogP contribution < -0.4 is 10.6 Å². The fraction of sp³-hybridized carbons (Fsp3) is 0.235. The van der Waals surface area contributed by atoms with Crippen molar-refractivity contribution in [3.05, 3.63) is 53.6 Å². The number of rotatable bonds is 2. The predicted molar refractivity (Wildman–Crippen MR) is 84.9 cm³/mol. The summed E-state index contributed by atoms with van der Waals surface area (Å²) in [6.45, 7) is 3.99. The van der Waals surface area contributed by atoms with Crippen LogP contribution in [-0.2, 0) is 10.2 Å². The van der Waals surface area contributed by atoms with Gasteiger partial charge in [-0.25, -0.2) is 4.98 Å². The number of hydrogen-bond donors (Lipinski definition) is 2. The number of amides is 2. The van der Waals surface area contributed by atoms with Crippen LogP contribution in [0.5, 0.6) is 0 Å². The Balaban J connectivity index is 1.88. The molecule has 1 aliphatic heterocycles. The van der Waals surface area contributed by atoms with Crippen molar-refractivity contribution in [1.82, 2.24) is 4.98 Å². The molecule has 0 aliphatic carbocycles. The van der Waals surface area contributed by atoms with Gasteiger partial charge in [-0.1, -0.05) is 19.9 Å². The summed E-state index contributed by atoms with van der Waals surface area (Å²) in [5, 5.41) is 5.42. The summed E-state index contributed by atoms with van der Waals surface area (Å²) in [4.78, 5) is 27.4. The van der Waals surface area contributed by atoms with E-state index < -0.39 is 11.9 Å². The maximum Gasteiger partial charge on any atom is 0.260 e. The Morgan fingerprint density at radius 3 is 2.87 bits per heavy atom. The Hall–Kier alpha value is -2.76. The van der Waals surface area contributed by atoms with Gasteiger partial charge in [0.25, 0.3) is 5.91 Å². The van der Waals surface area contributed by atoms with Crippen molar-refractivity contribution in [1.29, 1.82) is 0 Å². The molecule has 2 N–H and O–H groups in total. The molecule has 3 rings (SSSR count). The standard InChI is InChI=1S/C17H16FN3O2/c1-17(2)9-14(22)21-13-8-10(5-6-12(13)17)20-16(23)11-4-3-7-19-15(11)18/h3-8H,9H2,1-2H3,(H,20,23)(H,21,22). The third-order valence-electron chi connectivity index (χ3n) is 3.89. The van der Waals surface area contributed by atoms with Gasteiger partial charge >= 0.3 is 0 Å². The summed E-state index contributed by atoms with van der Waals surface area (Å²) in [6, 6.07) is 8.14. The number of nitrogens with one attached hydrogen (secondary N) is 2. The topological polar surface area (TPSA) is 71.1 Å². The van der Waals surface area contributed by atoms with Gasteiger partial charge in [-0.05, 0) is 29.8 Å². The summed E-state index contributed by atoms with van der Waals surface area (Å²) in [5.41, 5.74) is 1.75. The molecule has 1 aromatic carbocycles. The lowest BCUT2D eigenvalue weighted by Crippen LogP contribution is -2.32. The maximum absolute atomic E-state index is 13.5. The van der Waals surface area contributed by atoms with Crippen LogP contribution in [-0.4, -0.2) is 16.8 Å². The Kier molecular flexibility index (Phi) is 3.60. The van der Waals surface area contributed by atoms with Crippen LogP contribution in [0.3, 0.4) is 0 Å². The van der Waals surface area contributed by atoms with Gasteiger partial charge in [-0.15, -0.1) is 0 Å². The van der Waals surface area contributed by atoms with Crippen LogP contribution in [0, 0.1) is 5.95 Å². The van der Waals surface area contributed by atoms with E-state index in [1.165, 1.54) is 18.3 Å². The van der Waals surface area contributed by atoms with Crippen molar-refractivity contribution in [3.63, 3.8) is 0 Å². The first-order valence-corrected chi connectivity index (χ1v) is 7.23. The second-order valence-electron chi connectivity index (χ2n) is 6.17. The van der Waals surface area contributed by atoms with E-state index in [1.54, 1.807) is 12.1 Å². The number of benzene rings is 1. The number of hydrogen-bond acceptors (Lipinski definition) is 3. The fourth-order valence-electron chi connectivity index (χ4n) is 2.76. The average molecular weight is 313 g/mol. The highest BCUT2D eigenvalue weighted by Gasteiger charge is 2.31. The van der Waals surface area contributed by atoms with E-state index in [1.807, 2.05) is 19.9 Å². The Morgan fingerprint density at radius 1 is 1.35 bits per heavy atom. The van der Waals surface area contributed by atoms with Crippen LogP contribution in [0.25, 0.3) is 0 Å². The van der Waals surface area contributed by atoms with Crippen molar-refractivity contribution in [2.75, 3.05) is 10.6 Å². The smallest absolute Gasteiger partial charge is 0.260 e. The van der Waals surface area contributed by atoms with Gasteiger partial charge in [-0.3, -0.25) is 9.59 Å². The highest BCUT2D eigenvalue weighted by atomic mass is 19.1. The van der Waals surface area contributed by atoms with Gasteiger partial charge < -0.3 is 10.6 Å². The van der Waals surface area contributed by atoms with Crippen molar-refractivity contribution in [2.45, 2.75) is 25.7 Å². The van der Waals surface area contributed by atoms with E-state index in [-0.39, 0.29) is 16.9 Å². The Labute approximate surface area is 132 Å². The SMILES string of the molecule is CC1(C)CC(=O)Nc2cc(NC(=O)c3cccnc3F)ccc21. The normalized spacial score (nSPS) is 15.5. The van der Waals surface area contributed by atoms with Gasteiger partial charge in [0.2, 0.25) is 11.9 Å². The van der Waals surface area contributed by atoms with Crippen LogP contribution in [0.1, 0.15) is 36.2 Å². The summed E-state index contributed by atoms with van der Waals surface area (Å²) in [6.07, 6.45) is 1.69. The zero-order chi connectivity index (χ0) is 16.6. The molecule has 0 unspecified atom stereocenters. The molecule has 5 nitrogen and oxygen atoms in total. The molecule has 1 aliphatic rings. The molecule has 1 aromatic heterocycles. The number of carbonyl (C=O) groups excluding carboxylic acids is 2. The highest BCUT2D eigenvalue weighted by molar-refractivity contribution is 6.05. The second kappa shape index (κ2) is 5.46. The van der Waals surface area contributed by atoms with Crippen LogP contribution in [0.4, 0.5) is 15.8 Å². The van der Waals surface area contributed by atoms with Crippen LogP contribution in [0.15, 0.2) is 36.5 Å². The lowest BCUT2D eigenvalue weighted by atomic mass is 9.78. The monoisotopic (exact) mass is 313 g/mol. The molecule has 2 aromatic rings. The summed E-state index contributed by atoms with van der Waals surface area (Å²) < 4.78 is 13.5. The molecule has 0 spiro atoms. The summed E-state index contributed by atoms with van der Waals surface area (Å²) in [7, 11) is 0. The predicted octanol–water partition coefficient (Wildman–Crippen LogP) is 3.09. The molecule has 0 radical (unpaired) electrons. The largest absolute Gasteiger partial charge is 0.326 e. The van der Waals surface area contributed by atoms with Crippen LogP contribution >= 0.6 is 0 Å². The zero-order valence-corrected chi connectivity index (χ0v) is 12.8. The molecule has 23 heavy (non-hydrogen) atoms. The number of aromatic nitrogens is 1. The molecule has 0 bridgehead atoms. The minimum Gasteiger partial charge on any atom is -0.326 e. The lowest BCUT2D eigenvalue weighted by Gasteiger charge is -2.32. The minimum atomic E-state index is -0.822. The zero-order valence-electron chi connectivity index (χ0n) is 12.8. The van der Waals surface area contributed by atoms with Crippen LogP contribution in [0.2, 0.25) is 0 Å². The fourth-order valence-corrected chi connectivity index (χ4v) is 2.76. The van der Waals surface area contributed by atoms with Gasteiger partial charge in [0.1, 0.15) is 0 Å². The maximum atomic E-state index is 13.5. The van der Waals surface area contributed by atoms with Gasteiger partial charge in [0.15, 0.2) is 0 Å². The molecular formula is C17H16FN3O2. The van der Waals surface area contributed by atoms with Crippen molar-refractivity contribution < 1.29 is 14.0 Å². The van der Waals surface area contributed by atoms with Crippen molar-refractivity contribution in [3.8, 4) is 0 Å². The van der Waals surface area contributed by atoms with Gasteiger partial charge in [0.05, 0.1) is 5.56 Å². The van der Waals surface area contributed by atoms with E-state index in [9.17, 15) is 14.0 Å². The van der Waals surface area contributed by atoms with Gasteiger partial charge in [0, 0.05) is 29.4 Å². The third kappa shape index (κ3) is 2.92. The van der Waals surface area contributed by atoms with E-state index in [4.69, 9.17) is 0 Å². The lowest BCUT2D eigenvalue weighted by molar-refractivity contribution is -0.117. The molecule has 118 valence electrons. The first kappa shape index (κ1) is 15.1. The quantitative estimate of drug-likeness (QED) is 0.837. The van der Waals surface area contributed by atoms with E-state index >= 15 is 0 Å². The number of nitrogens with zero attached hydrogens (tertiary/aromatic N) is 1. The molecule has 2 heterocycles. The molecule has 0 saturated heterocycles. The molecule has 2 amide bonds. The molecule has 6 heteroatoms. The first-order valence-electron chi connectivity index (χ1n) is 7.23. The number of carbonyl (C=O) groups is 2. The van der Waals surface area contributed by atoms with Gasteiger partial charge in [-0.2, -0.15) is 4.39 Å². The second-order valence-corrected chi connectivity index (χ2v) is 6.17. The first-order chi connectivity index (χ1) is 10.9. The van der Waals surface area contributed by atoms with Crippen molar-refractivity contribution >= 4 is 23.2 Å². The minimum absolute atomic E-state index is 0.0655. The van der Waals surface area contributed by atoms with E-state index in [0.717, 1.165) is 5.56 Å². The molecular weight excluding hydrogens is 297 g/mol. The Morgan fingerprint density at radius 2 is 2.13 bits per heavy atom. The number of fused-ring (bicyclic) bond motifs is 1. The van der Waals surface area contributed by atoms with E-state index in [0.29, 0.717) is 17.8 Å². The third-order valence-corrected chi connectivity index (χ3v) is 3.89. The summed E-state index contributed by atoms with van der Waals surface area (Å²) >= 11 is 0.